The Morgan fingerprint density at radius 1 is 1.20 bits per heavy atom. The second-order valence-corrected chi connectivity index (χ2v) is 10.6. The predicted molar refractivity (Wildman–Crippen MR) is 131 cm³/mol. The zero-order chi connectivity index (χ0) is 25.2. The minimum atomic E-state index is -4.55. The maximum atomic E-state index is 12.3. The number of amides is 1. The molecule has 2 heterocycles. The molecule has 186 valence electrons. The number of primary amides is 1. The summed E-state index contributed by atoms with van der Waals surface area (Å²) in [4.78, 5) is 18.5. The monoisotopic (exact) mass is 498 g/mol. The molecule has 1 aliphatic rings. The summed E-state index contributed by atoms with van der Waals surface area (Å²) in [6.07, 6.45) is 2.69. The first kappa shape index (κ1) is 24.9. The van der Waals surface area contributed by atoms with Crippen molar-refractivity contribution in [2.75, 3.05) is 20.1 Å². The third-order valence-electron chi connectivity index (χ3n) is 6.50. The van der Waals surface area contributed by atoms with E-state index in [1.165, 1.54) is 17.2 Å². The van der Waals surface area contributed by atoms with Gasteiger partial charge in [-0.1, -0.05) is 42.5 Å². The van der Waals surface area contributed by atoms with Crippen molar-refractivity contribution >= 4 is 16.0 Å². The van der Waals surface area contributed by atoms with E-state index in [4.69, 9.17) is 10.5 Å². The van der Waals surface area contributed by atoms with Crippen LogP contribution in [-0.4, -0.2) is 53.5 Å². The maximum Gasteiger partial charge on any atom is 0.313 e. The number of benzene rings is 2. The Bertz CT molecular complexity index is 1310. The SMILES string of the molecule is CN1CCCC(Cc2ccccc2)(c2cccc(OC(C(N)=O)c3nc(S(=O)(=O)O)cn3C)c2)C1. The number of hydrogen-bond acceptors (Lipinski definition) is 6. The van der Waals surface area contributed by atoms with Crippen LogP contribution in [0.4, 0.5) is 0 Å². The van der Waals surface area contributed by atoms with Crippen LogP contribution in [0.15, 0.2) is 65.8 Å². The van der Waals surface area contributed by atoms with Gasteiger partial charge in [0.15, 0.2) is 5.82 Å². The first-order valence-electron chi connectivity index (χ1n) is 11.4. The predicted octanol–water partition coefficient (Wildman–Crippen LogP) is 2.48. The largest absolute Gasteiger partial charge is 0.473 e. The molecule has 1 saturated heterocycles. The van der Waals surface area contributed by atoms with Gasteiger partial charge >= 0.3 is 10.1 Å². The first-order chi connectivity index (χ1) is 16.6. The molecule has 1 aromatic heterocycles. The van der Waals surface area contributed by atoms with E-state index in [1.807, 2.05) is 30.3 Å². The first-order valence-corrected chi connectivity index (χ1v) is 12.8. The summed E-state index contributed by atoms with van der Waals surface area (Å²) in [6.45, 7) is 1.91. The van der Waals surface area contributed by atoms with Crippen LogP contribution < -0.4 is 10.5 Å². The molecule has 4 rings (SSSR count). The second kappa shape index (κ2) is 9.80. The van der Waals surface area contributed by atoms with E-state index in [0.29, 0.717) is 5.75 Å². The number of imidazole rings is 1. The number of aryl methyl sites for hydroxylation is 1. The third-order valence-corrected chi connectivity index (χ3v) is 7.23. The van der Waals surface area contributed by atoms with Crippen molar-refractivity contribution in [2.24, 2.45) is 12.8 Å². The number of ether oxygens (including phenoxy) is 1. The maximum absolute atomic E-state index is 12.3. The second-order valence-electron chi connectivity index (χ2n) is 9.24. The lowest BCUT2D eigenvalue weighted by Crippen LogP contribution is -2.45. The van der Waals surface area contributed by atoms with Gasteiger partial charge in [0.25, 0.3) is 5.91 Å². The van der Waals surface area contributed by atoms with E-state index >= 15 is 0 Å². The number of rotatable bonds is 8. The Morgan fingerprint density at radius 2 is 1.94 bits per heavy atom. The van der Waals surface area contributed by atoms with E-state index in [1.54, 1.807) is 6.07 Å². The zero-order valence-electron chi connectivity index (χ0n) is 19.8. The summed E-state index contributed by atoms with van der Waals surface area (Å²) in [5.74, 6) is -0.433. The van der Waals surface area contributed by atoms with Crippen molar-refractivity contribution in [1.29, 1.82) is 0 Å². The van der Waals surface area contributed by atoms with Crippen molar-refractivity contribution in [3.63, 3.8) is 0 Å². The van der Waals surface area contributed by atoms with E-state index in [0.717, 1.165) is 44.1 Å². The molecule has 0 radical (unpaired) electrons. The van der Waals surface area contributed by atoms with Gasteiger partial charge in [0, 0.05) is 25.2 Å². The van der Waals surface area contributed by atoms with Gasteiger partial charge in [-0.15, -0.1) is 0 Å². The van der Waals surface area contributed by atoms with Gasteiger partial charge < -0.3 is 19.9 Å². The van der Waals surface area contributed by atoms with Crippen LogP contribution >= 0.6 is 0 Å². The van der Waals surface area contributed by atoms with Crippen LogP contribution in [0.1, 0.15) is 35.9 Å². The fraction of sp³-hybridized carbons (Fsp3) is 0.360. The summed E-state index contributed by atoms with van der Waals surface area (Å²) < 4.78 is 39.6. The van der Waals surface area contributed by atoms with Gasteiger partial charge in [-0.25, -0.2) is 4.98 Å². The van der Waals surface area contributed by atoms with E-state index < -0.39 is 27.2 Å². The molecule has 0 aliphatic carbocycles. The summed E-state index contributed by atoms with van der Waals surface area (Å²) in [6, 6.07) is 18.0. The molecule has 10 heteroatoms. The zero-order valence-corrected chi connectivity index (χ0v) is 20.6. The van der Waals surface area contributed by atoms with Crippen LogP contribution in [0.25, 0.3) is 0 Å². The van der Waals surface area contributed by atoms with Crippen molar-refractivity contribution in [1.82, 2.24) is 14.5 Å². The minimum absolute atomic E-state index is 0.0214. The number of likely N-dealkylation sites (N-methyl/N-ethyl adjacent to an activating group) is 1. The minimum Gasteiger partial charge on any atom is -0.473 e. The molecule has 1 amide bonds. The quantitative estimate of drug-likeness (QED) is 0.457. The lowest BCUT2D eigenvalue weighted by molar-refractivity contribution is -0.125. The molecule has 0 spiro atoms. The van der Waals surface area contributed by atoms with E-state index in [2.05, 4.69) is 35.1 Å². The number of carbonyl (C=O) groups excluding carboxylic acids is 1. The number of carbonyl (C=O) groups is 1. The van der Waals surface area contributed by atoms with Crippen LogP contribution in [0.2, 0.25) is 0 Å². The summed E-state index contributed by atoms with van der Waals surface area (Å²) >= 11 is 0. The number of likely N-dealkylation sites (tertiary alicyclic amines) is 1. The molecular formula is C25H30N4O5S. The number of aromatic nitrogens is 2. The standard InChI is InChI=1S/C25H30N4O5S/c1-28-13-7-12-25(17-28,15-18-8-4-3-5-9-18)19-10-6-11-20(14-19)34-22(23(26)30)24-27-21(16-29(24)2)35(31,32)33/h3-6,8-11,14,16,22H,7,12-13,15,17H2,1-2H3,(H2,26,30)(H,31,32,33). The number of nitrogens with zero attached hydrogens (tertiary/aromatic N) is 3. The summed E-state index contributed by atoms with van der Waals surface area (Å²) in [5.41, 5.74) is 7.79. The Hall–Kier alpha value is -3.21. The lowest BCUT2D eigenvalue weighted by Gasteiger charge is -2.42. The van der Waals surface area contributed by atoms with Crippen molar-refractivity contribution in [3.8, 4) is 5.75 Å². The van der Waals surface area contributed by atoms with Gasteiger partial charge in [-0.2, -0.15) is 8.42 Å². The Labute approximate surface area is 205 Å². The number of nitrogens with two attached hydrogens (primary N) is 1. The van der Waals surface area contributed by atoms with Crippen LogP contribution in [0.3, 0.4) is 0 Å². The average molecular weight is 499 g/mol. The topological polar surface area (TPSA) is 128 Å². The van der Waals surface area contributed by atoms with Gasteiger partial charge in [-0.05, 0) is 56.1 Å². The van der Waals surface area contributed by atoms with Gasteiger partial charge in [-0.3, -0.25) is 9.35 Å². The van der Waals surface area contributed by atoms with Crippen molar-refractivity contribution in [3.05, 3.63) is 77.7 Å². The molecule has 1 fully saturated rings. The van der Waals surface area contributed by atoms with E-state index in [-0.39, 0.29) is 11.2 Å². The number of hydrogen-bond donors (Lipinski definition) is 2. The molecule has 35 heavy (non-hydrogen) atoms. The molecule has 1 aliphatic heterocycles. The highest BCUT2D eigenvalue weighted by atomic mass is 32.2. The molecular weight excluding hydrogens is 468 g/mol. The Kier molecular flexibility index (Phi) is 6.98. The van der Waals surface area contributed by atoms with Crippen LogP contribution in [0.5, 0.6) is 5.75 Å². The molecule has 2 atom stereocenters. The fourth-order valence-corrected chi connectivity index (χ4v) is 5.42. The van der Waals surface area contributed by atoms with Crippen LogP contribution in [-0.2, 0) is 33.8 Å². The Balaban J connectivity index is 1.68. The molecule has 0 bridgehead atoms. The average Bonchev–Trinajstić information content (AvgIpc) is 3.20. The molecule has 0 saturated carbocycles. The normalized spacial score (nSPS) is 19.9. The molecule has 2 aromatic carbocycles. The lowest BCUT2D eigenvalue weighted by atomic mass is 9.70. The molecule has 9 nitrogen and oxygen atoms in total. The van der Waals surface area contributed by atoms with Gasteiger partial charge in [0.1, 0.15) is 5.75 Å². The molecule has 2 unspecified atom stereocenters. The van der Waals surface area contributed by atoms with Crippen molar-refractivity contribution < 1.29 is 22.5 Å². The summed E-state index contributed by atoms with van der Waals surface area (Å²) in [7, 11) is -0.924. The molecule has 3 N–H and O–H groups in total. The fourth-order valence-electron chi connectivity index (χ4n) is 4.92. The van der Waals surface area contributed by atoms with Crippen molar-refractivity contribution in [2.45, 2.75) is 35.8 Å². The highest BCUT2D eigenvalue weighted by molar-refractivity contribution is 7.85. The van der Waals surface area contributed by atoms with Gasteiger partial charge in [0.05, 0.1) is 0 Å². The van der Waals surface area contributed by atoms with Crippen LogP contribution in [0, 0.1) is 0 Å². The Morgan fingerprint density at radius 3 is 2.57 bits per heavy atom. The van der Waals surface area contributed by atoms with Gasteiger partial charge in [0.2, 0.25) is 11.1 Å². The molecule has 3 aromatic rings. The highest BCUT2D eigenvalue weighted by Gasteiger charge is 2.37. The summed E-state index contributed by atoms with van der Waals surface area (Å²) in [5, 5.41) is -0.578. The van der Waals surface area contributed by atoms with E-state index in [9.17, 15) is 17.8 Å². The number of piperidine rings is 1. The smallest absolute Gasteiger partial charge is 0.313 e. The third kappa shape index (κ3) is 5.55. The highest BCUT2D eigenvalue weighted by Crippen LogP contribution is 2.39.